The summed E-state index contributed by atoms with van der Waals surface area (Å²) >= 11 is 5.55. The predicted molar refractivity (Wildman–Crippen MR) is 80.2 cm³/mol. The van der Waals surface area contributed by atoms with Crippen molar-refractivity contribution in [1.82, 2.24) is 0 Å². The van der Waals surface area contributed by atoms with Crippen LogP contribution in [-0.4, -0.2) is 16.3 Å². The highest BCUT2D eigenvalue weighted by Crippen LogP contribution is 2.44. The number of rotatable bonds is 2. The zero-order chi connectivity index (χ0) is 12.5. The molecule has 2 fully saturated rings. The Balaban J connectivity index is 1.74. The summed E-state index contributed by atoms with van der Waals surface area (Å²) in [5.74, 6) is 0.627. The Morgan fingerprint density at radius 3 is 2.33 bits per heavy atom. The maximum Gasteiger partial charge on any atom is 0.166 e. The molecule has 18 heavy (non-hydrogen) atoms. The van der Waals surface area contributed by atoms with Gasteiger partial charge in [0.05, 0.1) is 0 Å². The minimum atomic E-state index is 0.266. The van der Waals surface area contributed by atoms with E-state index in [1.165, 1.54) is 19.3 Å². The first-order valence-electron chi connectivity index (χ1n) is 6.67. The quantitative estimate of drug-likeness (QED) is 0.734. The van der Waals surface area contributed by atoms with E-state index >= 15 is 0 Å². The standard InChI is InChI=1S/C15H17BrOS/c16-12-6-4-10(5-7-12)15(17)11-8-13-2-1-3-14(9-11)18-13/h4-7,11,13-14H,1-3,8-9H2. The molecule has 1 aromatic rings. The Kier molecular flexibility index (Phi) is 3.81. The Morgan fingerprint density at radius 1 is 1.11 bits per heavy atom. The molecule has 0 spiro atoms. The van der Waals surface area contributed by atoms with Gasteiger partial charge >= 0.3 is 0 Å². The van der Waals surface area contributed by atoms with Crippen LogP contribution in [0.15, 0.2) is 28.7 Å². The fourth-order valence-electron chi connectivity index (χ4n) is 3.12. The smallest absolute Gasteiger partial charge is 0.166 e. The SMILES string of the molecule is O=C(c1ccc(Br)cc1)C1CC2CCCC(C1)S2. The van der Waals surface area contributed by atoms with E-state index in [0.29, 0.717) is 5.78 Å². The fraction of sp³-hybridized carbons (Fsp3) is 0.533. The first kappa shape index (κ1) is 12.7. The Hall–Kier alpha value is -0.280. The van der Waals surface area contributed by atoms with Crippen LogP contribution < -0.4 is 0 Å². The summed E-state index contributed by atoms with van der Waals surface area (Å²) in [5.41, 5.74) is 0.883. The molecule has 0 N–H and O–H groups in total. The van der Waals surface area contributed by atoms with Gasteiger partial charge in [-0.05, 0) is 37.8 Å². The molecule has 2 aliphatic rings. The third-order valence-corrected chi connectivity index (χ3v) is 6.19. The molecule has 3 rings (SSSR count). The second-order valence-corrected chi connectivity index (χ2v) is 7.87. The van der Waals surface area contributed by atoms with Crippen LogP contribution in [0.5, 0.6) is 0 Å². The van der Waals surface area contributed by atoms with Crippen LogP contribution in [0.2, 0.25) is 0 Å². The monoisotopic (exact) mass is 324 g/mol. The van der Waals surface area contributed by atoms with Crippen LogP contribution in [-0.2, 0) is 0 Å². The maximum atomic E-state index is 12.5. The minimum absolute atomic E-state index is 0.266. The van der Waals surface area contributed by atoms with Crippen molar-refractivity contribution >= 4 is 33.5 Å². The van der Waals surface area contributed by atoms with Gasteiger partial charge in [0.15, 0.2) is 5.78 Å². The lowest BCUT2D eigenvalue weighted by atomic mass is 9.84. The highest BCUT2D eigenvalue weighted by Gasteiger charge is 2.35. The molecule has 1 nitrogen and oxygen atoms in total. The van der Waals surface area contributed by atoms with Crippen LogP contribution >= 0.6 is 27.7 Å². The van der Waals surface area contributed by atoms with E-state index in [1.54, 1.807) is 0 Å². The molecule has 2 heterocycles. The summed E-state index contributed by atoms with van der Waals surface area (Å²) in [4.78, 5) is 12.5. The molecule has 2 bridgehead atoms. The lowest BCUT2D eigenvalue weighted by Crippen LogP contribution is -2.32. The summed E-state index contributed by atoms with van der Waals surface area (Å²) < 4.78 is 1.04. The van der Waals surface area contributed by atoms with E-state index < -0.39 is 0 Å². The van der Waals surface area contributed by atoms with E-state index in [-0.39, 0.29) is 5.92 Å². The van der Waals surface area contributed by atoms with Crippen LogP contribution in [0.25, 0.3) is 0 Å². The first-order chi connectivity index (χ1) is 8.72. The fourth-order valence-corrected chi connectivity index (χ4v) is 5.22. The number of hydrogen-bond acceptors (Lipinski definition) is 2. The Bertz CT molecular complexity index is 430. The van der Waals surface area contributed by atoms with Crippen LogP contribution in [0.4, 0.5) is 0 Å². The molecule has 1 aromatic carbocycles. The van der Waals surface area contributed by atoms with Crippen molar-refractivity contribution in [1.29, 1.82) is 0 Å². The maximum absolute atomic E-state index is 12.5. The molecule has 2 aliphatic heterocycles. The lowest BCUT2D eigenvalue weighted by molar-refractivity contribution is 0.0896. The van der Waals surface area contributed by atoms with Gasteiger partial charge < -0.3 is 0 Å². The number of thioether (sulfide) groups is 1. The van der Waals surface area contributed by atoms with E-state index in [2.05, 4.69) is 27.7 Å². The second-order valence-electron chi connectivity index (χ2n) is 5.35. The van der Waals surface area contributed by atoms with Crippen molar-refractivity contribution in [3.05, 3.63) is 34.3 Å². The molecule has 2 saturated heterocycles. The van der Waals surface area contributed by atoms with E-state index in [0.717, 1.165) is 33.4 Å². The van der Waals surface area contributed by atoms with Crippen LogP contribution in [0, 0.1) is 5.92 Å². The highest BCUT2D eigenvalue weighted by atomic mass is 79.9. The molecule has 0 radical (unpaired) electrons. The van der Waals surface area contributed by atoms with Gasteiger partial charge in [0, 0.05) is 26.5 Å². The van der Waals surface area contributed by atoms with Gasteiger partial charge in [-0.2, -0.15) is 11.8 Å². The summed E-state index contributed by atoms with van der Waals surface area (Å²) in [6.07, 6.45) is 6.17. The second kappa shape index (κ2) is 5.38. The highest BCUT2D eigenvalue weighted by molar-refractivity contribution is 9.10. The van der Waals surface area contributed by atoms with E-state index in [4.69, 9.17) is 0 Å². The minimum Gasteiger partial charge on any atom is -0.294 e. The summed E-state index contributed by atoms with van der Waals surface area (Å²) in [6, 6.07) is 7.82. The summed E-state index contributed by atoms with van der Waals surface area (Å²) in [7, 11) is 0. The molecule has 2 unspecified atom stereocenters. The average Bonchev–Trinajstić information content (AvgIpc) is 2.38. The number of ketones is 1. The third kappa shape index (κ3) is 2.67. The van der Waals surface area contributed by atoms with E-state index in [1.807, 2.05) is 24.3 Å². The molecule has 96 valence electrons. The van der Waals surface area contributed by atoms with Crippen molar-refractivity contribution in [3.8, 4) is 0 Å². The normalized spacial score (nSPS) is 31.1. The lowest BCUT2D eigenvalue weighted by Gasteiger charge is -2.37. The molecule has 0 aliphatic carbocycles. The van der Waals surface area contributed by atoms with Crippen LogP contribution in [0.3, 0.4) is 0 Å². The zero-order valence-corrected chi connectivity index (χ0v) is 12.7. The van der Waals surface area contributed by atoms with Crippen molar-refractivity contribution < 1.29 is 4.79 Å². The predicted octanol–water partition coefficient (Wildman–Crippen LogP) is 4.70. The topological polar surface area (TPSA) is 17.1 Å². The largest absolute Gasteiger partial charge is 0.294 e. The number of benzene rings is 1. The molecule has 0 aromatic heterocycles. The number of fused-ring (bicyclic) bond motifs is 2. The van der Waals surface area contributed by atoms with Crippen molar-refractivity contribution in [3.63, 3.8) is 0 Å². The molecule has 0 amide bonds. The van der Waals surface area contributed by atoms with Gasteiger partial charge in [0.2, 0.25) is 0 Å². The van der Waals surface area contributed by atoms with Crippen molar-refractivity contribution in [2.75, 3.05) is 0 Å². The number of Topliss-reactive ketones (excluding diaryl/α,β-unsaturated/α-hetero) is 1. The third-order valence-electron chi connectivity index (χ3n) is 4.03. The Morgan fingerprint density at radius 2 is 1.72 bits per heavy atom. The molecule has 3 heteroatoms. The van der Waals surface area contributed by atoms with Gasteiger partial charge in [0.1, 0.15) is 0 Å². The number of carbonyl (C=O) groups is 1. The van der Waals surface area contributed by atoms with Gasteiger partial charge in [-0.3, -0.25) is 4.79 Å². The van der Waals surface area contributed by atoms with Crippen molar-refractivity contribution in [2.45, 2.75) is 42.6 Å². The van der Waals surface area contributed by atoms with Gasteiger partial charge in [-0.25, -0.2) is 0 Å². The average molecular weight is 325 g/mol. The van der Waals surface area contributed by atoms with Gasteiger partial charge in [-0.1, -0.05) is 34.5 Å². The molecule has 0 saturated carbocycles. The summed E-state index contributed by atoms with van der Waals surface area (Å²) in [6.45, 7) is 0. The molecular formula is C15H17BrOS. The van der Waals surface area contributed by atoms with E-state index in [9.17, 15) is 4.79 Å². The first-order valence-corrected chi connectivity index (χ1v) is 8.41. The molecular weight excluding hydrogens is 308 g/mol. The summed E-state index contributed by atoms with van der Waals surface area (Å²) in [5, 5.41) is 1.48. The number of halogens is 1. The molecule has 2 atom stereocenters. The zero-order valence-electron chi connectivity index (χ0n) is 10.3. The van der Waals surface area contributed by atoms with Crippen molar-refractivity contribution in [2.24, 2.45) is 5.92 Å². The number of hydrogen-bond donors (Lipinski definition) is 0. The number of carbonyl (C=O) groups excluding carboxylic acids is 1. The van der Waals surface area contributed by atoms with Crippen LogP contribution in [0.1, 0.15) is 42.5 Å². The van der Waals surface area contributed by atoms with Gasteiger partial charge in [0.25, 0.3) is 0 Å². The Labute approximate surface area is 121 Å². The van der Waals surface area contributed by atoms with Gasteiger partial charge in [-0.15, -0.1) is 0 Å².